The van der Waals surface area contributed by atoms with Crippen LogP contribution in [-0.2, 0) is 0 Å². The minimum atomic E-state index is 0.0504. The van der Waals surface area contributed by atoms with E-state index in [1.54, 1.807) is 0 Å². The van der Waals surface area contributed by atoms with Crippen molar-refractivity contribution in [1.82, 2.24) is 14.8 Å². The van der Waals surface area contributed by atoms with Gasteiger partial charge in [-0.05, 0) is 19.3 Å². The Morgan fingerprint density at radius 1 is 1.44 bits per heavy atom. The third kappa shape index (κ3) is 2.43. The highest BCUT2D eigenvalue weighted by Gasteiger charge is 2.21. The normalized spacial score (nSPS) is 19.9. The fourth-order valence-electron chi connectivity index (χ4n) is 2.60. The monoisotopic (exact) mass is 222 g/mol. The fourth-order valence-corrected chi connectivity index (χ4v) is 2.60. The molecule has 1 saturated carbocycles. The van der Waals surface area contributed by atoms with Crippen LogP contribution in [0.2, 0.25) is 0 Å². The van der Waals surface area contributed by atoms with E-state index in [1.165, 1.54) is 32.1 Å². The van der Waals surface area contributed by atoms with E-state index in [4.69, 9.17) is 5.73 Å². The Bertz CT molecular complexity index is 315. The molecule has 0 saturated heterocycles. The average Bonchev–Trinajstić information content (AvgIpc) is 2.79. The van der Waals surface area contributed by atoms with Gasteiger partial charge in [0.05, 0.1) is 6.04 Å². The molecular weight excluding hydrogens is 200 g/mol. The maximum Gasteiger partial charge on any atom is 0.150 e. The highest BCUT2D eigenvalue weighted by molar-refractivity contribution is 4.96. The number of hydrogen-bond donors (Lipinski definition) is 1. The molecule has 0 amide bonds. The molecule has 90 valence electrons. The summed E-state index contributed by atoms with van der Waals surface area (Å²) in [5.74, 6) is 0.980. The lowest BCUT2D eigenvalue weighted by atomic mass is 9.95. The van der Waals surface area contributed by atoms with Crippen molar-refractivity contribution in [2.24, 2.45) is 5.73 Å². The molecule has 1 aromatic heterocycles. The summed E-state index contributed by atoms with van der Waals surface area (Å²) in [5, 5.41) is 8.23. The van der Waals surface area contributed by atoms with Crippen molar-refractivity contribution < 1.29 is 0 Å². The Morgan fingerprint density at radius 2 is 2.19 bits per heavy atom. The van der Waals surface area contributed by atoms with Crippen molar-refractivity contribution in [3.63, 3.8) is 0 Å². The van der Waals surface area contributed by atoms with Crippen LogP contribution in [0.25, 0.3) is 0 Å². The van der Waals surface area contributed by atoms with Crippen LogP contribution >= 0.6 is 0 Å². The summed E-state index contributed by atoms with van der Waals surface area (Å²) in [6, 6.07) is 0.635. The van der Waals surface area contributed by atoms with Gasteiger partial charge in [0.25, 0.3) is 0 Å². The second kappa shape index (κ2) is 5.43. The summed E-state index contributed by atoms with van der Waals surface area (Å²) in [4.78, 5) is 0. The smallest absolute Gasteiger partial charge is 0.150 e. The summed E-state index contributed by atoms with van der Waals surface area (Å²) < 4.78 is 2.22. The van der Waals surface area contributed by atoms with E-state index in [0.717, 1.165) is 18.7 Å². The summed E-state index contributed by atoms with van der Waals surface area (Å²) in [6.45, 7) is 2.15. The number of hydrogen-bond acceptors (Lipinski definition) is 3. The maximum absolute atomic E-state index is 6.13. The van der Waals surface area contributed by atoms with E-state index in [2.05, 4.69) is 21.7 Å². The molecule has 0 bridgehead atoms. The highest BCUT2D eigenvalue weighted by Crippen LogP contribution is 2.30. The molecule has 0 unspecified atom stereocenters. The molecule has 0 spiro atoms. The third-order valence-corrected chi connectivity index (χ3v) is 3.50. The largest absolute Gasteiger partial charge is 0.321 e. The topological polar surface area (TPSA) is 56.7 Å². The zero-order valence-electron chi connectivity index (χ0n) is 10.1. The van der Waals surface area contributed by atoms with Gasteiger partial charge in [-0.1, -0.05) is 32.6 Å². The zero-order valence-corrected chi connectivity index (χ0v) is 10.1. The zero-order chi connectivity index (χ0) is 11.4. The minimum Gasteiger partial charge on any atom is -0.321 e. The molecule has 16 heavy (non-hydrogen) atoms. The first kappa shape index (κ1) is 11.6. The van der Waals surface area contributed by atoms with Crippen LogP contribution in [0.5, 0.6) is 0 Å². The lowest BCUT2D eigenvalue weighted by molar-refractivity contribution is 0.338. The van der Waals surface area contributed by atoms with E-state index in [1.807, 2.05) is 6.33 Å². The lowest BCUT2D eigenvalue weighted by Gasteiger charge is -2.25. The Hall–Kier alpha value is -0.900. The quantitative estimate of drug-likeness (QED) is 0.851. The second-order valence-electron chi connectivity index (χ2n) is 4.78. The van der Waals surface area contributed by atoms with E-state index < -0.39 is 0 Å². The fraction of sp³-hybridized carbons (Fsp3) is 0.833. The minimum absolute atomic E-state index is 0.0504. The van der Waals surface area contributed by atoms with E-state index in [-0.39, 0.29) is 6.04 Å². The van der Waals surface area contributed by atoms with Gasteiger partial charge in [-0.3, -0.25) is 0 Å². The van der Waals surface area contributed by atoms with Crippen LogP contribution in [0.1, 0.15) is 69.8 Å². The Balaban J connectivity index is 2.11. The van der Waals surface area contributed by atoms with Crippen LogP contribution < -0.4 is 5.73 Å². The molecule has 1 heterocycles. The van der Waals surface area contributed by atoms with Gasteiger partial charge in [0.1, 0.15) is 12.2 Å². The van der Waals surface area contributed by atoms with Crippen molar-refractivity contribution in [3.05, 3.63) is 12.2 Å². The first-order chi connectivity index (χ1) is 7.83. The third-order valence-electron chi connectivity index (χ3n) is 3.50. The summed E-state index contributed by atoms with van der Waals surface area (Å²) in [5.41, 5.74) is 6.13. The molecule has 1 aliphatic carbocycles. The molecule has 1 aromatic rings. The molecule has 2 rings (SSSR count). The molecule has 1 atom stereocenters. The van der Waals surface area contributed by atoms with Crippen LogP contribution in [0.15, 0.2) is 6.33 Å². The van der Waals surface area contributed by atoms with E-state index in [0.29, 0.717) is 6.04 Å². The SMILES string of the molecule is CCC[C@H](N)c1nncn1C1CCCCC1. The van der Waals surface area contributed by atoms with Gasteiger partial charge >= 0.3 is 0 Å². The highest BCUT2D eigenvalue weighted by atomic mass is 15.3. The first-order valence-electron chi connectivity index (χ1n) is 6.48. The van der Waals surface area contributed by atoms with Crippen LogP contribution in [0.4, 0.5) is 0 Å². The molecule has 0 aromatic carbocycles. The number of aromatic nitrogens is 3. The van der Waals surface area contributed by atoms with Crippen LogP contribution in [-0.4, -0.2) is 14.8 Å². The van der Waals surface area contributed by atoms with Crippen molar-refractivity contribution in [3.8, 4) is 0 Å². The summed E-state index contributed by atoms with van der Waals surface area (Å²) in [7, 11) is 0. The summed E-state index contributed by atoms with van der Waals surface area (Å²) in [6.07, 6.45) is 10.5. The Morgan fingerprint density at radius 3 is 2.88 bits per heavy atom. The molecule has 4 nitrogen and oxygen atoms in total. The molecule has 2 N–H and O–H groups in total. The lowest BCUT2D eigenvalue weighted by Crippen LogP contribution is -2.21. The Labute approximate surface area is 97.2 Å². The van der Waals surface area contributed by atoms with Gasteiger partial charge in [-0.15, -0.1) is 10.2 Å². The number of rotatable bonds is 4. The van der Waals surface area contributed by atoms with E-state index >= 15 is 0 Å². The first-order valence-corrected chi connectivity index (χ1v) is 6.48. The average molecular weight is 222 g/mol. The van der Waals surface area contributed by atoms with Gasteiger partial charge in [-0.2, -0.15) is 0 Å². The van der Waals surface area contributed by atoms with Crippen molar-refractivity contribution >= 4 is 0 Å². The molecular formula is C12H22N4. The van der Waals surface area contributed by atoms with Crippen molar-refractivity contribution in [1.29, 1.82) is 0 Å². The van der Waals surface area contributed by atoms with Gasteiger partial charge in [0, 0.05) is 6.04 Å². The predicted molar refractivity (Wildman–Crippen MR) is 64.0 cm³/mol. The number of nitrogens with zero attached hydrogens (tertiary/aromatic N) is 3. The molecule has 1 aliphatic rings. The van der Waals surface area contributed by atoms with E-state index in [9.17, 15) is 0 Å². The standard InChI is InChI=1S/C12H22N4/c1-2-6-11(13)12-15-14-9-16(12)10-7-4-3-5-8-10/h9-11H,2-8,13H2,1H3/t11-/m0/s1. The van der Waals surface area contributed by atoms with Crippen molar-refractivity contribution in [2.45, 2.75) is 64.0 Å². The molecule has 0 aliphatic heterocycles. The number of nitrogens with two attached hydrogens (primary N) is 1. The van der Waals surface area contributed by atoms with Gasteiger partial charge in [-0.25, -0.2) is 0 Å². The van der Waals surface area contributed by atoms with Crippen LogP contribution in [0, 0.1) is 0 Å². The summed E-state index contributed by atoms with van der Waals surface area (Å²) >= 11 is 0. The molecule has 4 heteroatoms. The second-order valence-corrected chi connectivity index (χ2v) is 4.78. The van der Waals surface area contributed by atoms with Gasteiger partial charge in [0.2, 0.25) is 0 Å². The molecule has 0 radical (unpaired) electrons. The molecule has 1 fully saturated rings. The maximum atomic E-state index is 6.13. The Kier molecular flexibility index (Phi) is 3.93. The van der Waals surface area contributed by atoms with Gasteiger partial charge < -0.3 is 10.3 Å². The van der Waals surface area contributed by atoms with Crippen LogP contribution in [0.3, 0.4) is 0 Å². The van der Waals surface area contributed by atoms with Crippen molar-refractivity contribution in [2.75, 3.05) is 0 Å². The predicted octanol–water partition coefficient (Wildman–Crippen LogP) is 2.58. The van der Waals surface area contributed by atoms with Gasteiger partial charge in [0.15, 0.2) is 0 Å².